The lowest BCUT2D eigenvalue weighted by atomic mass is 9.93. The van der Waals surface area contributed by atoms with E-state index in [2.05, 4.69) is 5.92 Å². The van der Waals surface area contributed by atoms with Gasteiger partial charge in [0.05, 0.1) is 0 Å². The molecule has 0 aliphatic heterocycles. The van der Waals surface area contributed by atoms with Crippen LogP contribution in [0.5, 0.6) is 0 Å². The Bertz CT molecular complexity index is 408. The summed E-state index contributed by atoms with van der Waals surface area (Å²) in [5.41, 5.74) is 6.09. The van der Waals surface area contributed by atoms with Crippen molar-refractivity contribution in [3.63, 3.8) is 0 Å². The van der Waals surface area contributed by atoms with Crippen LogP contribution in [0.25, 0.3) is 0 Å². The van der Waals surface area contributed by atoms with Gasteiger partial charge in [0.1, 0.15) is 11.9 Å². The maximum atomic E-state index is 12.7. The molecule has 0 bridgehead atoms. The van der Waals surface area contributed by atoms with E-state index >= 15 is 0 Å². The number of carboxylic acid groups (broad SMARTS) is 1. The third-order valence-electron chi connectivity index (χ3n) is 2.28. The first kappa shape index (κ1) is 12.2. The Hall–Kier alpha value is -1.86. The molecule has 1 rings (SSSR count). The van der Waals surface area contributed by atoms with Crippen LogP contribution in [0, 0.1) is 18.2 Å². The van der Waals surface area contributed by atoms with E-state index in [1.54, 1.807) is 0 Å². The van der Waals surface area contributed by atoms with Crippen molar-refractivity contribution in [3.05, 3.63) is 35.6 Å². The Morgan fingerprint density at radius 1 is 1.50 bits per heavy atom. The molecule has 3 nitrogen and oxygen atoms in total. The van der Waals surface area contributed by atoms with Crippen molar-refractivity contribution < 1.29 is 14.3 Å². The van der Waals surface area contributed by atoms with Crippen LogP contribution in [0.2, 0.25) is 0 Å². The molecule has 0 amide bonds. The average molecular weight is 221 g/mol. The highest BCUT2D eigenvalue weighted by Gasteiger charge is 2.18. The van der Waals surface area contributed by atoms with Crippen molar-refractivity contribution in [3.8, 4) is 12.3 Å². The fourth-order valence-corrected chi connectivity index (χ4v) is 1.35. The van der Waals surface area contributed by atoms with Gasteiger partial charge in [-0.05, 0) is 24.1 Å². The minimum atomic E-state index is -1.10. The number of aliphatic carboxylic acids is 1. The van der Waals surface area contributed by atoms with E-state index in [0.717, 1.165) is 0 Å². The highest BCUT2D eigenvalue weighted by molar-refractivity contribution is 5.73. The lowest BCUT2D eigenvalue weighted by Gasteiger charge is -2.13. The third kappa shape index (κ3) is 3.07. The molecule has 1 aromatic carbocycles. The molecule has 3 N–H and O–H groups in total. The maximum Gasteiger partial charge on any atom is 0.320 e. The summed E-state index contributed by atoms with van der Waals surface area (Å²) in [4.78, 5) is 10.6. The molecule has 0 aliphatic rings. The zero-order chi connectivity index (χ0) is 12.1. The van der Waals surface area contributed by atoms with E-state index in [9.17, 15) is 9.18 Å². The molecule has 0 saturated heterocycles. The number of carbonyl (C=O) groups is 1. The molecule has 16 heavy (non-hydrogen) atoms. The van der Waals surface area contributed by atoms with Gasteiger partial charge in [-0.3, -0.25) is 4.79 Å². The lowest BCUT2D eigenvalue weighted by molar-refractivity contribution is -0.138. The van der Waals surface area contributed by atoms with Crippen LogP contribution in [-0.4, -0.2) is 17.1 Å². The van der Waals surface area contributed by atoms with Gasteiger partial charge in [-0.2, -0.15) is 0 Å². The van der Waals surface area contributed by atoms with E-state index in [0.29, 0.717) is 5.56 Å². The van der Waals surface area contributed by atoms with Gasteiger partial charge in [0.25, 0.3) is 0 Å². The first-order valence-electron chi connectivity index (χ1n) is 4.74. The molecule has 0 unspecified atom stereocenters. The second kappa shape index (κ2) is 5.29. The number of nitrogens with two attached hydrogens (primary N) is 1. The predicted octanol–water partition coefficient (Wildman–Crippen LogP) is 1.34. The molecule has 0 heterocycles. The second-order valence-electron chi connectivity index (χ2n) is 3.45. The van der Waals surface area contributed by atoms with Crippen LogP contribution in [0.1, 0.15) is 17.9 Å². The number of hydrogen-bond acceptors (Lipinski definition) is 2. The second-order valence-corrected chi connectivity index (χ2v) is 3.45. The van der Waals surface area contributed by atoms with Crippen LogP contribution < -0.4 is 5.73 Å². The largest absolute Gasteiger partial charge is 0.480 e. The van der Waals surface area contributed by atoms with E-state index in [4.69, 9.17) is 17.3 Å². The van der Waals surface area contributed by atoms with Crippen LogP contribution >= 0.6 is 0 Å². The fraction of sp³-hybridized carbons (Fsp3) is 0.250. The van der Waals surface area contributed by atoms with E-state index in [1.165, 1.54) is 24.3 Å². The van der Waals surface area contributed by atoms with Gasteiger partial charge in [-0.15, -0.1) is 6.42 Å². The Balaban J connectivity index is 2.80. The fourth-order valence-electron chi connectivity index (χ4n) is 1.35. The van der Waals surface area contributed by atoms with Gasteiger partial charge in [-0.1, -0.05) is 18.1 Å². The summed E-state index contributed by atoms with van der Waals surface area (Å²) in [6.45, 7) is 0. The highest BCUT2D eigenvalue weighted by atomic mass is 19.1. The summed E-state index contributed by atoms with van der Waals surface area (Å²) in [6, 6.07) is 4.63. The van der Waals surface area contributed by atoms with Gasteiger partial charge in [-0.25, -0.2) is 4.39 Å². The molecule has 0 radical (unpaired) electrons. The van der Waals surface area contributed by atoms with Crippen LogP contribution in [-0.2, 0) is 4.79 Å². The van der Waals surface area contributed by atoms with Gasteiger partial charge >= 0.3 is 5.97 Å². The molecular formula is C12H12FNO2. The van der Waals surface area contributed by atoms with Gasteiger partial charge < -0.3 is 10.8 Å². The third-order valence-corrected chi connectivity index (χ3v) is 2.28. The van der Waals surface area contributed by atoms with Crippen molar-refractivity contribution in [2.45, 2.75) is 18.4 Å². The molecule has 0 spiro atoms. The molecule has 0 saturated carbocycles. The van der Waals surface area contributed by atoms with Crippen molar-refractivity contribution in [2.75, 3.05) is 0 Å². The zero-order valence-electron chi connectivity index (χ0n) is 8.56. The number of halogens is 1. The Morgan fingerprint density at radius 2 is 2.06 bits per heavy atom. The van der Waals surface area contributed by atoms with Gasteiger partial charge in [0.2, 0.25) is 0 Å². The SMILES string of the molecule is C#C[C@H](C[C@@H](N)C(=O)O)c1ccc(F)cc1. The Labute approximate surface area is 93.1 Å². The summed E-state index contributed by atoms with van der Waals surface area (Å²) >= 11 is 0. The van der Waals surface area contributed by atoms with Crippen LogP contribution in [0.15, 0.2) is 24.3 Å². The van der Waals surface area contributed by atoms with Crippen molar-refractivity contribution in [1.29, 1.82) is 0 Å². The monoisotopic (exact) mass is 221 g/mol. The van der Waals surface area contributed by atoms with Crippen molar-refractivity contribution in [2.24, 2.45) is 5.73 Å². The van der Waals surface area contributed by atoms with E-state index in [-0.39, 0.29) is 12.2 Å². The molecule has 0 aromatic heterocycles. The van der Waals surface area contributed by atoms with Gasteiger partial charge in [0.15, 0.2) is 0 Å². The minimum absolute atomic E-state index is 0.136. The van der Waals surface area contributed by atoms with E-state index in [1.807, 2.05) is 0 Å². The van der Waals surface area contributed by atoms with Crippen molar-refractivity contribution >= 4 is 5.97 Å². The lowest BCUT2D eigenvalue weighted by Crippen LogP contribution is -2.31. The molecule has 2 atom stereocenters. The summed E-state index contributed by atoms with van der Waals surface area (Å²) in [5, 5.41) is 8.66. The Kier molecular flexibility index (Phi) is 4.03. The molecule has 0 aliphatic carbocycles. The normalized spacial score (nSPS) is 13.8. The Morgan fingerprint density at radius 3 is 2.50 bits per heavy atom. The molecule has 4 heteroatoms. The maximum absolute atomic E-state index is 12.7. The topological polar surface area (TPSA) is 63.3 Å². The number of rotatable bonds is 4. The number of terminal acetylenes is 1. The highest BCUT2D eigenvalue weighted by Crippen LogP contribution is 2.20. The number of benzene rings is 1. The summed E-state index contributed by atoms with van der Waals surface area (Å²) in [5.74, 6) is 0.593. The van der Waals surface area contributed by atoms with Gasteiger partial charge in [0, 0.05) is 5.92 Å². The van der Waals surface area contributed by atoms with Crippen LogP contribution in [0.3, 0.4) is 0 Å². The first-order chi connectivity index (χ1) is 7.54. The molecule has 84 valence electrons. The standard InChI is InChI=1S/C12H12FNO2/c1-2-8(7-11(14)12(15)16)9-3-5-10(13)6-4-9/h1,3-6,8,11H,7,14H2,(H,15,16)/t8-,11-/m1/s1. The molecule has 0 fully saturated rings. The number of carboxylic acids is 1. The first-order valence-corrected chi connectivity index (χ1v) is 4.74. The number of hydrogen-bond donors (Lipinski definition) is 2. The minimum Gasteiger partial charge on any atom is -0.480 e. The smallest absolute Gasteiger partial charge is 0.320 e. The van der Waals surface area contributed by atoms with E-state index < -0.39 is 17.9 Å². The predicted molar refractivity (Wildman–Crippen MR) is 58.2 cm³/mol. The molecule has 1 aromatic rings. The summed E-state index contributed by atoms with van der Waals surface area (Å²) in [6.07, 6.45) is 5.44. The zero-order valence-corrected chi connectivity index (χ0v) is 8.56. The average Bonchev–Trinajstić information content (AvgIpc) is 2.26. The summed E-state index contributed by atoms with van der Waals surface area (Å²) in [7, 11) is 0. The molecular weight excluding hydrogens is 209 g/mol. The summed E-state index contributed by atoms with van der Waals surface area (Å²) < 4.78 is 12.7. The van der Waals surface area contributed by atoms with Crippen LogP contribution in [0.4, 0.5) is 4.39 Å². The quantitative estimate of drug-likeness (QED) is 0.754. The van der Waals surface area contributed by atoms with Crippen molar-refractivity contribution in [1.82, 2.24) is 0 Å².